The van der Waals surface area contributed by atoms with Crippen molar-refractivity contribution >= 4 is 33.3 Å². The van der Waals surface area contributed by atoms with Crippen LogP contribution in [0.5, 0.6) is 0 Å². The summed E-state index contributed by atoms with van der Waals surface area (Å²) in [6.07, 6.45) is 0. The van der Waals surface area contributed by atoms with Crippen molar-refractivity contribution in [1.29, 1.82) is 0 Å². The highest BCUT2D eigenvalue weighted by Gasteiger charge is 2.16. The van der Waals surface area contributed by atoms with E-state index in [1.165, 1.54) is 28.7 Å². The first-order valence-electron chi connectivity index (χ1n) is 10.5. The molecular weight excluding hydrogens is 452 g/mol. The number of hydrogen-bond acceptors (Lipinski definition) is 7. The molecule has 8 heteroatoms. The van der Waals surface area contributed by atoms with Gasteiger partial charge in [0.05, 0.1) is 11.1 Å². The fourth-order valence-corrected chi connectivity index (χ4v) is 5.12. The third-order valence-corrected chi connectivity index (χ3v) is 7.02. The van der Waals surface area contributed by atoms with Crippen molar-refractivity contribution in [3.8, 4) is 22.6 Å². The average molecular weight is 475 g/mol. The number of aromatic amines is 1. The van der Waals surface area contributed by atoms with E-state index in [2.05, 4.69) is 53.1 Å². The molecule has 0 amide bonds. The molecule has 0 bridgehead atoms. The standard InChI is InChI=1S/C25H22N4O2S2/c1-25(2,3)17-11-9-16(10-12-17)22-28-29-24(31-22)33-14-19-26-21(30)20-18(13-32-23(20)27-19)15-7-5-4-6-8-15/h4-13H,14H2,1-3H3,(H,26,27,30). The van der Waals surface area contributed by atoms with E-state index >= 15 is 0 Å². The van der Waals surface area contributed by atoms with Crippen LogP contribution < -0.4 is 5.56 Å². The molecule has 0 aliphatic rings. The van der Waals surface area contributed by atoms with E-state index < -0.39 is 0 Å². The largest absolute Gasteiger partial charge is 0.411 e. The van der Waals surface area contributed by atoms with Gasteiger partial charge in [0, 0.05) is 16.5 Å². The second-order valence-electron chi connectivity index (χ2n) is 8.70. The number of nitrogens with zero attached hydrogens (tertiary/aromatic N) is 3. The van der Waals surface area contributed by atoms with Crippen LogP contribution in [0.15, 0.2) is 74.4 Å². The number of thiophene rings is 1. The highest BCUT2D eigenvalue weighted by molar-refractivity contribution is 7.98. The molecule has 6 nitrogen and oxygen atoms in total. The second-order valence-corrected chi connectivity index (χ2v) is 10.5. The summed E-state index contributed by atoms with van der Waals surface area (Å²) in [4.78, 5) is 21.1. The molecule has 0 aliphatic carbocycles. The number of aromatic nitrogens is 4. The summed E-state index contributed by atoms with van der Waals surface area (Å²) in [6, 6.07) is 18.0. The van der Waals surface area contributed by atoms with Crippen LogP contribution >= 0.6 is 23.1 Å². The molecule has 1 N–H and O–H groups in total. The van der Waals surface area contributed by atoms with E-state index in [0.29, 0.717) is 28.1 Å². The van der Waals surface area contributed by atoms with E-state index in [9.17, 15) is 4.79 Å². The van der Waals surface area contributed by atoms with Gasteiger partial charge in [-0.3, -0.25) is 4.79 Å². The predicted molar refractivity (Wildman–Crippen MR) is 134 cm³/mol. The third kappa shape index (κ3) is 4.49. The normalized spacial score (nSPS) is 11.8. The molecule has 3 heterocycles. The Balaban J connectivity index is 1.33. The second kappa shape index (κ2) is 8.61. The van der Waals surface area contributed by atoms with Gasteiger partial charge in [-0.25, -0.2) is 4.98 Å². The van der Waals surface area contributed by atoms with Crippen LogP contribution in [0, 0.1) is 0 Å². The smallest absolute Gasteiger partial charge is 0.277 e. The van der Waals surface area contributed by atoms with E-state index in [-0.39, 0.29) is 11.0 Å². The van der Waals surface area contributed by atoms with Crippen molar-refractivity contribution in [1.82, 2.24) is 20.2 Å². The summed E-state index contributed by atoms with van der Waals surface area (Å²) in [6.45, 7) is 6.54. The lowest BCUT2D eigenvalue weighted by Crippen LogP contribution is -2.10. The number of fused-ring (bicyclic) bond motifs is 1. The zero-order valence-corrected chi connectivity index (χ0v) is 20.1. The first-order chi connectivity index (χ1) is 15.9. The molecule has 0 fully saturated rings. The quantitative estimate of drug-likeness (QED) is 0.301. The molecule has 0 radical (unpaired) electrons. The summed E-state index contributed by atoms with van der Waals surface area (Å²) in [5.41, 5.74) is 3.98. The Labute approximate surface area is 199 Å². The lowest BCUT2D eigenvalue weighted by atomic mass is 9.87. The maximum Gasteiger partial charge on any atom is 0.277 e. The zero-order chi connectivity index (χ0) is 23.0. The monoisotopic (exact) mass is 474 g/mol. The predicted octanol–water partition coefficient (Wildman–Crippen LogP) is 6.29. The number of nitrogens with one attached hydrogen (secondary N) is 1. The van der Waals surface area contributed by atoms with Crippen LogP contribution in [0.1, 0.15) is 32.2 Å². The van der Waals surface area contributed by atoms with Crippen molar-refractivity contribution in [3.63, 3.8) is 0 Å². The highest BCUT2D eigenvalue weighted by atomic mass is 32.2. The van der Waals surface area contributed by atoms with Gasteiger partial charge in [0.15, 0.2) is 0 Å². The fraction of sp³-hybridized carbons (Fsp3) is 0.200. The molecule has 0 spiro atoms. The highest BCUT2D eigenvalue weighted by Crippen LogP contribution is 2.31. The maximum absolute atomic E-state index is 12.8. The van der Waals surface area contributed by atoms with Crippen LogP contribution in [0.2, 0.25) is 0 Å². The maximum atomic E-state index is 12.8. The van der Waals surface area contributed by atoms with E-state index in [1.807, 2.05) is 47.8 Å². The zero-order valence-electron chi connectivity index (χ0n) is 18.5. The van der Waals surface area contributed by atoms with Crippen molar-refractivity contribution in [2.45, 2.75) is 37.2 Å². The Morgan fingerprint density at radius 3 is 2.48 bits per heavy atom. The van der Waals surface area contributed by atoms with Crippen LogP contribution in [-0.4, -0.2) is 20.2 Å². The number of H-pyrrole nitrogens is 1. The van der Waals surface area contributed by atoms with Gasteiger partial charge in [0.25, 0.3) is 10.8 Å². The summed E-state index contributed by atoms with van der Waals surface area (Å²) in [5.74, 6) is 1.47. The first kappa shape index (κ1) is 21.6. The summed E-state index contributed by atoms with van der Waals surface area (Å²) >= 11 is 2.82. The summed E-state index contributed by atoms with van der Waals surface area (Å²) in [5, 5.41) is 11.3. The molecule has 166 valence electrons. The lowest BCUT2D eigenvalue weighted by molar-refractivity contribution is 0.465. The lowest BCUT2D eigenvalue weighted by Gasteiger charge is -2.18. The van der Waals surface area contributed by atoms with Gasteiger partial charge >= 0.3 is 0 Å². The van der Waals surface area contributed by atoms with Crippen LogP contribution in [0.25, 0.3) is 32.8 Å². The van der Waals surface area contributed by atoms with Gasteiger partial charge in [-0.05, 0) is 28.7 Å². The van der Waals surface area contributed by atoms with Crippen LogP contribution in [0.3, 0.4) is 0 Å². The molecule has 5 rings (SSSR count). The number of thioether (sulfide) groups is 1. The van der Waals surface area contributed by atoms with Crippen molar-refractivity contribution in [2.75, 3.05) is 0 Å². The minimum atomic E-state index is -0.138. The van der Waals surface area contributed by atoms with Gasteiger partial charge in [-0.1, -0.05) is 75.0 Å². The Kier molecular flexibility index (Phi) is 5.64. The van der Waals surface area contributed by atoms with Gasteiger partial charge in [-0.2, -0.15) is 0 Å². The fourth-order valence-electron chi connectivity index (χ4n) is 3.52. The number of rotatable bonds is 5. The Bertz CT molecular complexity index is 1460. The van der Waals surface area contributed by atoms with E-state index in [1.54, 1.807) is 0 Å². The molecule has 0 aliphatic heterocycles. The van der Waals surface area contributed by atoms with Crippen molar-refractivity contribution in [2.24, 2.45) is 0 Å². The molecule has 5 aromatic rings. The minimum absolute atomic E-state index is 0.0871. The van der Waals surface area contributed by atoms with Gasteiger partial charge in [0.1, 0.15) is 10.7 Å². The third-order valence-electron chi connectivity index (χ3n) is 5.31. The minimum Gasteiger partial charge on any atom is -0.411 e. The first-order valence-corrected chi connectivity index (χ1v) is 12.4. The Morgan fingerprint density at radius 1 is 1.00 bits per heavy atom. The summed E-state index contributed by atoms with van der Waals surface area (Å²) < 4.78 is 5.82. The molecule has 2 aromatic carbocycles. The number of hydrogen-bond donors (Lipinski definition) is 1. The molecule has 0 unspecified atom stereocenters. The van der Waals surface area contributed by atoms with E-state index in [4.69, 9.17) is 4.42 Å². The Hall–Kier alpha value is -3.23. The number of benzene rings is 2. The Morgan fingerprint density at radius 2 is 1.76 bits per heavy atom. The van der Waals surface area contributed by atoms with Gasteiger partial charge in [0.2, 0.25) is 5.89 Å². The van der Waals surface area contributed by atoms with Crippen molar-refractivity contribution in [3.05, 3.63) is 81.7 Å². The van der Waals surface area contributed by atoms with Gasteiger partial charge < -0.3 is 9.40 Å². The average Bonchev–Trinajstić information content (AvgIpc) is 3.45. The van der Waals surface area contributed by atoms with E-state index in [0.717, 1.165) is 21.5 Å². The topological polar surface area (TPSA) is 84.7 Å². The summed E-state index contributed by atoms with van der Waals surface area (Å²) in [7, 11) is 0. The molecule has 33 heavy (non-hydrogen) atoms. The molecular formula is C25H22N4O2S2. The molecule has 0 saturated carbocycles. The van der Waals surface area contributed by atoms with Crippen LogP contribution in [-0.2, 0) is 11.2 Å². The van der Waals surface area contributed by atoms with Gasteiger partial charge in [-0.15, -0.1) is 21.5 Å². The SMILES string of the molecule is CC(C)(C)c1ccc(-c2nnc(SCc3nc4scc(-c5ccccc5)c4c(=O)[nH]3)o2)cc1. The molecule has 0 atom stereocenters. The molecule has 0 saturated heterocycles. The van der Waals surface area contributed by atoms with Crippen molar-refractivity contribution < 1.29 is 4.42 Å². The van der Waals surface area contributed by atoms with Crippen LogP contribution in [0.4, 0.5) is 0 Å². The molecule has 3 aromatic heterocycles.